The van der Waals surface area contributed by atoms with Crippen LogP contribution < -0.4 is 11.1 Å². The van der Waals surface area contributed by atoms with E-state index in [-0.39, 0.29) is 23.8 Å². The third kappa shape index (κ3) is 2.29. The fourth-order valence-corrected chi connectivity index (χ4v) is 2.87. The van der Waals surface area contributed by atoms with E-state index in [4.69, 9.17) is 5.73 Å². The molecular weight excluding hydrogens is 218 g/mol. The summed E-state index contributed by atoms with van der Waals surface area (Å²) in [7, 11) is 0. The molecule has 2 heterocycles. The highest BCUT2D eigenvalue weighted by atomic mass is 16.2. The lowest BCUT2D eigenvalue weighted by atomic mass is 9.91. The molecule has 3 atom stereocenters. The molecule has 5 nitrogen and oxygen atoms in total. The second-order valence-corrected chi connectivity index (χ2v) is 4.99. The highest BCUT2D eigenvalue weighted by Crippen LogP contribution is 2.27. The minimum absolute atomic E-state index is 0.0121. The molecule has 0 aliphatic carbocycles. The average molecular weight is 239 g/mol. The summed E-state index contributed by atoms with van der Waals surface area (Å²) in [4.78, 5) is 25.6. The molecule has 96 valence electrons. The molecule has 0 aromatic carbocycles. The number of carbonyl (C=O) groups is 2. The van der Waals surface area contributed by atoms with Gasteiger partial charge in [-0.1, -0.05) is 13.3 Å². The molecule has 2 aliphatic heterocycles. The zero-order valence-corrected chi connectivity index (χ0v) is 10.3. The van der Waals surface area contributed by atoms with Crippen LogP contribution in [-0.2, 0) is 9.59 Å². The van der Waals surface area contributed by atoms with Crippen molar-refractivity contribution in [2.24, 2.45) is 11.7 Å². The van der Waals surface area contributed by atoms with Gasteiger partial charge in [0.25, 0.3) is 0 Å². The van der Waals surface area contributed by atoms with Crippen molar-refractivity contribution in [2.45, 2.75) is 44.7 Å². The van der Waals surface area contributed by atoms with Crippen LogP contribution in [0.1, 0.15) is 32.6 Å². The number of likely N-dealkylation sites (tertiary alicyclic amines) is 1. The van der Waals surface area contributed by atoms with Crippen LogP contribution in [0, 0.1) is 5.92 Å². The molecule has 5 heteroatoms. The molecule has 2 unspecified atom stereocenters. The van der Waals surface area contributed by atoms with Gasteiger partial charge in [-0.2, -0.15) is 0 Å². The number of hydrogen-bond donors (Lipinski definition) is 2. The number of hydrogen-bond acceptors (Lipinski definition) is 3. The largest absolute Gasteiger partial charge is 0.354 e. The van der Waals surface area contributed by atoms with E-state index in [9.17, 15) is 9.59 Å². The first-order valence-corrected chi connectivity index (χ1v) is 6.49. The van der Waals surface area contributed by atoms with Crippen molar-refractivity contribution in [3.05, 3.63) is 0 Å². The maximum Gasteiger partial charge on any atom is 0.239 e. The van der Waals surface area contributed by atoms with E-state index in [0.29, 0.717) is 13.0 Å². The summed E-state index contributed by atoms with van der Waals surface area (Å²) < 4.78 is 0. The number of piperidine rings is 1. The van der Waals surface area contributed by atoms with Crippen molar-refractivity contribution >= 4 is 11.8 Å². The number of fused-ring (bicyclic) bond motifs is 1. The Kier molecular flexibility index (Phi) is 3.66. The number of carbonyl (C=O) groups excluding carboxylic acids is 2. The van der Waals surface area contributed by atoms with Crippen LogP contribution in [-0.4, -0.2) is 41.9 Å². The SMILES string of the molecule is CCC[C@H](N)C(=O)N1CCCC2C(=O)NCC21. The quantitative estimate of drug-likeness (QED) is 0.719. The number of amides is 2. The molecule has 0 saturated carbocycles. The van der Waals surface area contributed by atoms with Crippen LogP contribution >= 0.6 is 0 Å². The number of rotatable bonds is 3. The summed E-state index contributed by atoms with van der Waals surface area (Å²) in [6.45, 7) is 3.35. The Bertz CT molecular complexity index is 319. The molecule has 2 amide bonds. The third-order valence-corrected chi connectivity index (χ3v) is 3.80. The van der Waals surface area contributed by atoms with Gasteiger partial charge in [0.1, 0.15) is 0 Å². The van der Waals surface area contributed by atoms with E-state index < -0.39 is 6.04 Å². The van der Waals surface area contributed by atoms with Crippen LogP contribution in [0.15, 0.2) is 0 Å². The summed E-state index contributed by atoms with van der Waals surface area (Å²) in [5, 5.41) is 2.84. The van der Waals surface area contributed by atoms with Crippen molar-refractivity contribution < 1.29 is 9.59 Å². The number of nitrogens with one attached hydrogen (secondary N) is 1. The highest BCUT2D eigenvalue weighted by molar-refractivity contribution is 5.86. The normalized spacial score (nSPS) is 29.8. The molecule has 0 spiro atoms. The van der Waals surface area contributed by atoms with Crippen molar-refractivity contribution in [3.8, 4) is 0 Å². The first kappa shape index (κ1) is 12.4. The maximum atomic E-state index is 12.2. The monoisotopic (exact) mass is 239 g/mol. The van der Waals surface area contributed by atoms with Gasteiger partial charge in [-0.15, -0.1) is 0 Å². The Balaban J connectivity index is 2.05. The summed E-state index contributed by atoms with van der Waals surface area (Å²) in [6.07, 6.45) is 3.42. The van der Waals surface area contributed by atoms with Crippen molar-refractivity contribution in [3.63, 3.8) is 0 Å². The molecule has 3 N–H and O–H groups in total. The Morgan fingerprint density at radius 2 is 2.41 bits per heavy atom. The van der Waals surface area contributed by atoms with Crippen molar-refractivity contribution in [2.75, 3.05) is 13.1 Å². The molecule has 2 aliphatic rings. The minimum atomic E-state index is -0.408. The van der Waals surface area contributed by atoms with Crippen LogP contribution in [0.2, 0.25) is 0 Å². The van der Waals surface area contributed by atoms with Crippen LogP contribution in [0.5, 0.6) is 0 Å². The summed E-state index contributed by atoms with van der Waals surface area (Å²) in [5.74, 6) is 0.0936. The molecule has 2 fully saturated rings. The summed E-state index contributed by atoms with van der Waals surface area (Å²) in [5.41, 5.74) is 5.88. The van der Waals surface area contributed by atoms with E-state index in [1.807, 2.05) is 11.8 Å². The Labute approximate surface area is 102 Å². The number of nitrogens with zero attached hydrogens (tertiary/aromatic N) is 1. The lowest BCUT2D eigenvalue weighted by Crippen LogP contribution is -2.53. The Hall–Kier alpha value is -1.10. The zero-order chi connectivity index (χ0) is 12.4. The zero-order valence-electron chi connectivity index (χ0n) is 10.3. The first-order chi connectivity index (χ1) is 8.15. The standard InChI is InChI=1S/C12H21N3O2/c1-2-4-9(13)12(17)15-6-3-5-8-10(15)7-14-11(8)16/h8-10H,2-7,13H2,1H3,(H,14,16)/t8?,9-,10?/m0/s1. The molecule has 2 saturated heterocycles. The third-order valence-electron chi connectivity index (χ3n) is 3.80. The van der Waals surface area contributed by atoms with Crippen LogP contribution in [0.25, 0.3) is 0 Å². The topological polar surface area (TPSA) is 75.4 Å². The van der Waals surface area contributed by atoms with E-state index in [0.717, 1.165) is 25.8 Å². The Morgan fingerprint density at radius 3 is 3.12 bits per heavy atom. The minimum Gasteiger partial charge on any atom is -0.354 e. The molecule has 2 rings (SSSR count). The number of nitrogens with two attached hydrogens (primary N) is 1. The smallest absolute Gasteiger partial charge is 0.239 e. The summed E-state index contributed by atoms with van der Waals surface area (Å²) in [6, 6.07) is -0.374. The van der Waals surface area contributed by atoms with E-state index in [1.54, 1.807) is 0 Å². The van der Waals surface area contributed by atoms with E-state index >= 15 is 0 Å². The maximum absolute atomic E-state index is 12.2. The predicted molar refractivity (Wildman–Crippen MR) is 64.1 cm³/mol. The van der Waals surface area contributed by atoms with Gasteiger partial charge in [-0.05, 0) is 19.3 Å². The van der Waals surface area contributed by atoms with Gasteiger partial charge in [0.15, 0.2) is 0 Å². The van der Waals surface area contributed by atoms with Gasteiger partial charge < -0.3 is 16.0 Å². The molecular formula is C12H21N3O2. The first-order valence-electron chi connectivity index (χ1n) is 6.49. The highest BCUT2D eigenvalue weighted by Gasteiger charge is 2.43. The van der Waals surface area contributed by atoms with Gasteiger partial charge in [0.05, 0.1) is 18.0 Å². The fraction of sp³-hybridized carbons (Fsp3) is 0.833. The summed E-state index contributed by atoms with van der Waals surface area (Å²) >= 11 is 0. The molecule has 17 heavy (non-hydrogen) atoms. The Morgan fingerprint density at radius 1 is 1.65 bits per heavy atom. The molecule has 0 radical (unpaired) electrons. The average Bonchev–Trinajstić information content (AvgIpc) is 2.71. The van der Waals surface area contributed by atoms with Gasteiger partial charge in [0.2, 0.25) is 11.8 Å². The van der Waals surface area contributed by atoms with Crippen LogP contribution in [0.3, 0.4) is 0 Å². The van der Waals surface area contributed by atoms with Crippen LogP contribution in [0.4, 0.5) is 0 Å². The fourth-order valence-electron chi connectivity index (χ4n) is 2.87. The lowest BCUT2D eigenvalue weighted by Gasteiger charge is -2.37. The van der Waals surface area contributed by atoms with Gasteiger partial charge in [-0.3, -0.25) is 9.59 Å². The van der Waals surface area contributed by atoms with E-state index in [1.165, 1.54) is 0 Å². The van der Waals surface area contributed by atoms with E-state index in [2.05, 4.69) is 5.32 Å². The second kappa shape index (κ2) is 5.04. The second-order valence-electron chi connectivity index (χ2n) is 4.99. The van der Waals surface area contributed by atoms with Gasteiger partial charge >= 0.3 is 0 Å². The molecule has 0 bridgehead atoms. The van der Waals surface area contributed by atoms with Gasteiger partial charge in [-0.25, -0.2) is 0 Å². The van der Waals surface area contributed by atoms with Gasteiger partial charge in [0, 0.05) is 13.1 Å². The van der Waals surface area contributed by atoms with Crippen molar-refractivity contribution in [1.82, 2.24) is 10.2 Å². The van der Waals surface area contributed by atoms with Crippen molar-refractivity contribution in [1.29, 1.82) is 0 Å². The lowest BCUT2D eigenvalue weighted by molar-refractivity contribution is -0.138. The molecule has 0 aromatic rings. The molecule has 0 aromatic heterocycles. The predicted octanol–water partition coefficient (Wildman–Crippen LogP) is -0.149.